The molecule has 1 rings (SSSR count). The van der Waals surface area contributed by atoms with Crippen LogP contribution in [0.15, 0.2) is 24.3 Å². The van der Waals surface area contributed by atoms with E-state index in [1.54, 1.807) is 24.3 Å². The zero-order valence-corrected chi connectivity index (χ0v) is 8.95. The van der Waals surface area contributed by atoms with E-state index in [-0.39, 0.29) is 5.78 Å². The minimum atomic E-state index is -0.416. The van der Waals surface area contributed by atoms with Crippen LogP contribution in [0.1, 0.15) is 40.5 Å². The van der Waals surface area contributed by atoms with E-state index in [4.69, 9.17) is 0 Å². The Hall–Kier alpha value is -1.64. The Kier molecular flexibility index (Phi) is 4.03. The third-order valence-corrected chi connectivity index (χ3v) is 2.08. The number of rotatable bonds is 4. The zero-order chi connectivity index (χ0) is 11.3. The summed E-state index contributed by atoms with van der Waals surface area (Å²) in [5.41, 5.74) is 0.985. The van der Waals surface area contributed by atoms with Crippen molar-refractivity contribution in [3.05, 3.63) is 35.4 Å². The van der Waals surface area contributed by atoms with Gasteiger partial charge in [0.05, 0.1) is 12.7 Å². The molecule has 0 atom stereocenters. The van der Waals surface area contributed by atoms with Crippen molar-refractivity contribution in [2.24, 2.45) is 0 Å². The quantitative estimate of drug-likeness (QED) is 0.561. The standard InChI is InChI=1S/C12H14O3/c1-3-5-11(13)9-6-4-7-10(8-9)12(14)15-2/h4,6-8H,3,5H2,1-2H3. The van der Waals surface area contributed by atoms with Gasteiger partial charge in [-0.15, -0.1) is 0 Å². The average Bonchev–Trinajstić information content (AvgIpc) is 2.28. The van der Waals surface area contributed by atoms with Crippen LogP contribution in [0.5, 0.6) is 0 Å². The van der Waals surface area contributed by atoms with E-state index >= 15 is 0 Å². The highest BCUT2D eigenvalue weighted by atomic mass is 16.5. The molecule has 0 saturated heterocycles. The summed E-state index contributed by atoms with van der Waals surface area (Å²) in [5.74, 6) is -0.357. The first-order chi connectivity index (χ1) is 7.19. The fraction of sp³-hybridized carbons (Fsp3) is 0.333. The molecule has 0 amide bonds. The molecule has 15 heavy (non-hydrogen) atoms. The second-order valence-corrected chi connectivity index (χ2v) is 3.25. The lowest BCUT2D eigenvalue weighted by molar-refractivity contribution is 0.0600. The summed E-state index contributed by atoms with van der Waals surface area (Å²) in [4.78, 5) is 22.8. The molecule has 0 aromatic heterocycles. The number of methoxy groups -OCH3 is 1. The number of hydrogen-bond acceptors (Lipinski definition) is 3. The first-order valence-electron chi connectivity index (χ1n) is 4.90. The molecule has 1 aromatic rings. The molecule has 3 nitrogen and oxygen atoms in total. The lowest BCUT2D eigenvalue weighted by atomic mass is 10.0. The molecule has 80 valence electrons. The van der Waals surface area contributed by atoms with Crippen LogP contribution >= 0.6 is 0 Å². The molecule has 0 unspecified atom stereocenters. The van der Waals surface area contributed by atoms with Gasteiger partial charge in [0.1, 0.15) is 0 Å². The van der Waals surface area contributed by atoms with Crippen molar-refractivity contribution in [2.45, 2.75) is 19.8 Å². The summed E-state index contributed by atoms with van der Waals surface area (Å²) in [6, 6.07) is 6.61. The number of ketones is 1. The first-order valence-corrected chi connectivity index (χ1v) is 4.90. The highest BCUT2D eigenvalue weighted by Gasteiger charge is 2.09. The van der Waals surface area contributed by atoms with Crippen molar-refractivity contribution < 1.29 is 14.3 Å². The van der Waals surface area contributed by atoms with Gasteiger partial charge in [-0.1, -0.05) is 19.1 Å². The van der Waals surface area contributed by atoms with Crippen molar-refractivity contribution in [3.8, 4) is 0 Å². The van der Waals surface area contributed by atoms with Gasteiger partial charge in [-0.3, -0.25) is 4.79 Å². The number of esters is 1. The Bertz CT molecular complexity index is 369. The number of ether oxygens (including phenoxy) is 1. The number of hydrogen-bond donors (Lipinski definition) is 0. The van der Waals surface area contributed by atoms with E-state index in [1.807, 2.05) is 6.92 Å². The summed E-state index contributed by atoms with van der Waals surface area (Å²) >= 11 is 0. The third kappa shape index (κ3) is 2.91. The van der Waals surface area contributed by atoms with Crippen LogP contribution in [0.2, 0.25) is 0 Å². The number of carbonyl (C=O) groups is 2. The topological polar surface area (TPSA) is 43.4 Å². The van der Waals surface area contributed by atoms with Gasteiger partial charge in [-0.2, -0.15) is 0 Å². The second kappa shape index (κ2) is 5.29. The Labute approximate surface area is 89.1 Å². The third-order valence-electron chi connectivity index (χ3n) is 2.08. The van der Waals surface area contributed by atoms with Crippen LogP contribution in [0.3, 0.4) is 0 Å². The summed E-state index contributed by atoms with van der Waals surface area (Å²) in [6.07, 6.45) is 1.31. The Morgan fingerprint density at radius 3 is 2.53 bits per heavy atom. The Morgan fingerprint density at radius 1 is 1.27 bits per heavy atom. The molecule has 3 heteroatoms. The van der Waals surface area contributed by atoms with Gasteiger partial charge in [-0.25, -0.2) is 4.79 Å². The van der Waals surface area contributed by atoms with Gasteiger partial charge in [0.2, 0.25) is 0 Å². The average molecular weight is 206 g/mol. The van der Waals surface area contributed by atoms with Gasteiger partial charge < -0.3 is 4.74 Å². The summed E-state index contributed by atoms with van der Waals surface area (Å²) in [5, 5.41) is 0. The van der Waals surface area contributed by atoms with Crippen LogP contribution in [-0.2, 0) is 4.74 Å². The van der Waals surface area contributed by atoms with E-state index in [9.17, 15) is 9.59 Å². The molecule has 0 N–H and O–H groups in total. The van der Waals surface area contributed by atoms with Crippen molar-refractivity contribution >= 4 is 11.8 Å². The predicted molar refractivity (Wildman–Crippen MR) is 57.0 cm³/mol. The van der Waals surface area contributed by atoms with Gasteiger partial charge >= 0.3 is 5.97 Å². The van der Waals surface area contributed by atoms with Crippen molar-refractivity contribution in [3.63, 3.8) is 0 Å². The summed E-state index contributed by atoms with van der Waals surface area (Å²) in [7, 11) is 1.32. The van der Waals surface area contributed by atoms with Gasteiger partial charge in [0.25, 0.3) is 0 Å². The highest BCUT2D eigenvalue weighted by Crippen LogP contribution is 2.09. The molecule has 0 aliphatic rings. The van der Waals surface area contributed by atoms with Crippen molar-refractivity contribution in [2.75, 3.05) is 7.11 Å². The molecule has 0 radical (unpaired) electrons. The molecule has 0 aliphatic carbocycles. The smallest absolute Gasteiger partial charge is 0.337 e. The van der Waals surface area contributed by atoms with E-state index in [0.29, 0.717) is 17.5 Å². The zero-order valence-electron chi connectivity index (χ0n) is 8.95. The largest absolute Gasteiger partial charge is 0.465 e. The summed E-state index contributed by atoms with van der Waals surface area (Å²) < 4.78 is 4.58. The van der Waals surface area contributed by atoms with Gasteiger partial charge in [-0.05, 0) is 18.6 Å². The SMILES string of the molecule is CCCC(=O)c1cccc(C(=O)OC)c1. The lowest BCUT2D eigenvalue weighted by Crippen LogP contribution is -2.04. The minimum Gasteiger partial charge on any atom is -0.465 e. The van der Waals surface area contributed by atoms with E-state index in [2.05, 4.69) is 4.74 Å². The molecule has 0 saturated carbocycles. The number of Topliss-reactive ketones (excluding diaryl/α,β-unsaturated/α-hetero) is 1. The minimum absolute atomic E-state index is 0.0586. The monoisotopic (exact) mass is 206 g/mol. The van der Waals surface area contributed by atoms with Crippen LogP contribution in [0.4, 0.5) is 0 Å². The van der Waals surface area contributed by atoms with E-state index in [0.717, 1.165) is 6.42 Å². The molecular weight excluding hydrogens is 192 g/mol. The van der Waals surface area contributed by atoms with E-state index in [1.165, 1.54) is 7.11 Å². The molecule has 0 bridgehead atoms. The number of benzene rings is 1. The molecule has 0 spiro atoms. The Morgan fingerprint density at radius 2 is 1.93 bits per heavy atom. The van der Waals surface area contributed by atoms with Crippen LogP contribution in [0.25, 0.3) is 0 Å². The maximum Gasteiger partial charge on any atom is 0.337 e. The molecular formula is C12H14O3. The fourth-order valence-electron chi connectivity index (χ4n) is 1.31. The van der Waals surface area contributed by atoms with Crippen LogP contribution in [-0.4, -0.2) is 18.9 Å². The predicted octanol–water partition coefficient (Wildman–Crippen LogP) is 2.46. The Balaban J connectivity index is 2.92. The van der Waals surface area contributed by atoms with Gasteiger partial charge in [0, 0.05) is 12.0 Å². The lowest BCUT2D eigenvalue weighted by Gasteiger charge is -2.02. The maximum absolute atomic E-state index is 11.6. The van der Waals surface area contributed by atoms with Crippen LogP contribution < -0.4 is 0 Å². The second-order valence-electron chi connectivity index (χ2n) is 3.25. The van der Waals surface area contributed by atoms with E-state index < -0.39 is 5.97 Å². The highest BCUT2D eigenvalue weighted by molar-refractivity contribution is 5.99. The number of carbonyl (C=O) groups excluding carboxylic acids is 2. The molecule has 0 heterocycles. The normalized spacial score (nSPS) is 9.73. The van der Waals surface area contributed by atoms with Crippen LogP contribution in [0, 0.1) is 0 Å². The fourth-order valence-corrected chi connectivity index (χ4v) is 1.31. The van der Waals surface area contributed by atoms with Gasteiger partial charge in [0.15, 0.2) is 5.78 Å². The summed E-state index contributed by atoms with van der Waals surface area (Å²) in [6.45, 7) is 1.95. The molecule has 1 aromatic carbocycles. The van der Waals surface area contributed by atoms with Crippen molar-refractivity contribution in [1.29, 1.82) is 0 Å². The maximum atomic E-state index is 11.6. The molecule has 0 aliphatic heterocycles. The van der Waals surface area contributed by atoms with Crippen molar-refractivity contribution in [1.82, 2.24) is 0 Å². The first kappa shape index (κ1) is 11.4. The molecule has 0 fully saturated rings.